The lowest BCUT2D eigenvalue weighted by atomic mass is 9.97. The summed E-state index contributed by atoms with van der Waals surface area (Å²) in [6.07, 6.45) is 0. The van der Waals surface area contributed by atoms with Crippen LogP contribution in [0.15, 0.2) is 36.4 Å². The summed E-state index contributed by atoms with van der Waals surface area (Å²) in [6.45, 7) is 5.98. The van der Waals surface area contributed by atoms with Gasteiger partial charge in [0.15, 0.2) is 0 Å². The average molecular weight is 243 g/mol. The zero-order valence-corrected chi connectivity index (χ0v) is 11.0. The number of rotatable bonds is 2. The largest absolute Gasteiger partial charge is 0.324 e. The fourth-order valence-corrected chi connectivity index (χ4v) is 1.96. The van der Waals surface area contributed by atoms with Crippen molar-refractivity contribution in [3.8, 4) is 11.1 Å². The maximum absolute atomic E-state index is 13.9. The van der Waals surface area contributed by atoms with Crippen molar-refractivity contribution in [2.45, 2.75) is 26.8 Å². The van der Waals surface area contributed by atoms with Crippen LogP contribution in [0.1, 0.15) is 29.7 Å². The molecule has 2 aromatic rings. The van der Waals surface area contributed by atoms with Crippen molar-refractivity contribution in [2.75, 3.05) is 0 Å². The van der Waals surface area contributed by atoms with Crippen LogP contribution in [0.3, 0.4) is 0 Å². The summed E-state index contributed by atoms with van der Waals surface area (Å²) >= 11 is 0. The van der Waals surface area contributed by atoms with Gasteiger partial charge < -0.3 is 5.73 Å². The molecule has 0 spiro atoms. The predicted octanol–water partition coefficient (Wildman–Crippen LogP) is 4.13. The monoisotopic (exact) mass is 243 g/mol. The minimum Gasteiger partial charge on any atom is -0.324 e. The maximum atomic E-state index is 13.9. The Labute approximate surface area is 107 Å². The molecule has 0 aromatic heterocycles. The van der Waals surface area contributed by atoms with E-state index in [1.54, 1.807) is 6.07 Å². The average Bonchev–Trinajstić information content (AvgIpc) is 2.33. The second-order valence-electron chi connectivity index (χ2n) is 4.83. The fourth-order valence-electron chi connectivity index (χ4n) is 1.96. The van der Waals surface area contributed by atoms with Crippen LogP contribution in [0.5, 0.6) is 0 Å². The first-order valence-corrected chi connectivity index (χ1v) is 6.11. The number of halogens is 1. The number of benzene rings is 2. The van der Waals surface area contributed by atoms with Gasteiger partial charge in [-0.25, -0.2) is 4.39 Å². The van der Waals surface area contributed by atoms with Gasteiger partial charge in [0.25, 0.3) is 0 Å². The van der Waals surface area contributed by atoms with Gasteiger partial charge in [-0.3, -0.25) is 0 Å². The molecule has 0 fully saturated rings. The van der Waals surface area contributed by atoms with Crippen LogP contribution in [-0.4, -0.2) is 0 Å². The molecule has 2 heteroatoms. The van der Waals surface area contributed by atoms with Gasteiger partial charge in [-0.2, -0.15) is 0 Å². The van der Waals surface area contributed by atoms with E-state index in [1.165, 1.54) is 11.6 Å². The van der Waals surface area contributed by atoms with Gasteiger partial charge in [0.2, 0.25) is 0 Å². The Morgan fingerprint density at radius 2 is 1.72 bits per heavy atom. The summed E-state index contributed by atoms with van der Waals surface area (Å²) in [5.41, 5.74) is 10.7. The van der Waals surface area contributed by atoms with Gasteiger partial charge in [-0.15, -0.1) is 0 Å². The van der Waals surface area contributed by atoms with Gasteiger partial charge >= 0.3 is 0 Å². The van der Waals surface area contributed by atoms with Crippen LogP contribution in [0.25, 0.3) is 11.1 Å². The van der Waals surface area contributed by atoms with Crippen molar-refractivity contribution in [3.63, 3.8) is 0 Å². The van der Waals surface area contributed by atoms with Gasteiger partial charge in [0.1, 0.15) is 5.82 Å². The summed E-state index contributed by atoms with van der Waals surface area (Å²) in [6, 6.07) is 11.0. The van der Waals surface area contributed by atoms with E-state index in [0.717, 1.165) is 16.7 Å². The van der Waals surface area contributed by atoms with Gasteiger partial charge in [-0.05, 0) is 55.2 Å². The van der Waals surface area contributed by atoms with Crippen LogP contribution in [0.2, 0.25) is 0 Å². The summed E-state index contributed by atoms with van der Waals surface area (Å²) < 4.78 is 13.9. The molecular weight excluding hydrogens is 225 g/mol. The molecule has 0 saturated carbocycles. The van der Waals surface area contributed by atoms with E-state index < -0.39 is 0 Å². The number of nitrogens with two attached hydrogens (primary N) is 1. The molecule has 1 unspecified atom stereocenters. The molecule has 0 amide bonds. The van der Waals surface area contributed by atoms with Gasteiger partial charge in [0.05, 0.1) is 0 Å². The molecule has 18 heavy (non-hydrogen) atoms. The molecule has 0 bridgehead atoms. The summed E-state index contributed by atoms with van der Waals surface area (Å²) in [5.74, 6) is -0.206. The number of hydrogen-bond donors (Lipinski definition) is 1. The summed E-state index contributed by atoms with van der Waals surface area (Å²) in [5, 5.41) is 0. The zero-order valence-electron chi connectivity index (χ0n) is 11.0. The second-order valence-corrected chi connectivity index (χ2v) is 4.83. The Morgan fingerprint density at radius 1 is 1.00 bits per heavy atom. The SMILES string of the molecule is Cc1ccc(-c2cc(C(C)N)ccc2F)cc1C. The van der Waals surface area contributed by atoms with E-state index in [4.69, 9.17) is 5.73 Å². The van der Waals surface area contributed by atoms with Gasteiger partial charge in [-0.1, -0.05) is 24.3 Å². The highest BCUT2D eigenvalue weighted by Crippen LogP contribution is 2.27. The highest BCUT2D eigenvalue weighted by atomic mass is 19.1. The van der Waals surface area contributed by atoms with Gasteiger partial charge in [0, 0.05) is 11.6 Å². The predicted molar refractivity (Wildman–Crippen MR) is 73.9 cm³/mol. The van der Waals surface area contributed by atoms with Crippen molar-refractivity contribution in [3.05, 3.63) is 58.9 Å². The molecule has 0 heterocycles. The van der Waals surface area contributed by atoms with E-state index in [-0.39, 0.29) is 11.9 Å². The molecule has 2 aromatic carbocycles. The Morgan fingerprint density at radius 3 is 2.33 bits per heavy atom. The molecule has 0 saturated heterocycles. The molecule has 1 nitrogen and oxygen atoms in total. The first-order chi connectivity index (χ1) is 8.49. The molecule has 2 rings (SSSR count). The van der Waals surface area contributed by atoms with Crippen molar-refractivity contribution < 1.29 is 4.39 Å². The first-order valence-electron chi connectivity index (χ1n) is 6.11. The van der Waals surface area contributed by atoms with Crippen LogP contribution < -0.4 is 5.73 Å². The highest BCUT2D eigenvalue weighted by Gasteiger charge is 2.09. The van der Waals surface area contributed by atoms with E-state index in [2.05, 4.69) is 0 Å². The minimum atomic E-state index is -0.206. The topological polar surface area (TPSA) is 26.0 Å². The number of hydrogen-bond acceptors (Lipinski definition) is 1. The molecule has 94 valence electrons. The third kappa shape index (κ3) is 2.44. The maximum Gasteiger partial charge on any atom is 0.131 e. The third-order valence-electron chi connectivity index (χ3n) is 3.33. The van der Waals surface area contributed by atoms with Crippen molar-refractivity contribution in [1.82, 2.24) is 0 Å². The second kappa shape index (κ2) is 4.91. The Balaban J connectivity index is 2.55. The Hall–Kier alpha value is -1.67. The van der Waals surface area contributed by atoms with Crippen LogP contribution in [0.4, 0.5) is 4.39 Å². The Kier molecular flexibility index (Phi) is 3.48. The van der Waals surface area contributed by atoms with Crippen LogP contribution >= 0.6 is 0 Å². The number of aryl methyl sites for hydroxylation is 2. The fraction of sp³-hybridized carbons (Fsp3) is 0.250. The molecule has 0 aliphatic heterocycles. The van der Waals surface area contributed by atoms with E-state index in [9.17, 15) is 4.39 Å². The summed E-state index contributed by atoms with van der Waals surface area (Å²) in [7, 11) is 0. The first kappa shape index (κ1) is 12.8. The highest BCUT2D eigenvalue weighted by molar-refractivity contribution is 5.66. The molecule has 2 N–H and O–H groups in total. The van der Waals surface area contributed by atoms with Crippen LogP contribution in [-0.2, 0) is 0 Å². The van der Waals surface area contributed by atoms with Crippen molar-refractivity contribution in [1.29, 1.82) is 0 Å². The molecule has 0 aliphatic rings. The normalized spacial score (nSPS) is 12.5. The lowest BCUT2D eigenvalue weighted by Crippen LogP contribution is -2.05. The van der Waals surface area contributed by atoms with Crippen molar-refractivity contribution in [2.24, 2.45) is 5.73 Å². The third-order valence-corrected chi connectivity index (χ3v) is 3.33. The molecule has 0 radical (unpaired) electrons. The lowest BCUT2D eigenvalue weighted by molar-refractivity contribution is 0.629. The molecule has 0 aliphatic carbocycles. The van der Waals surface area contributed by atoms with Crippen molar-refractivity contribution >= 4 is 0 Å². The standard InChI is InChI=1S/C16H18FN/c1-10-4-5-14(8-11(10)2)15-9-13(12(3)18)6-7-16(15)17/h4-9,12H,18H2,1-3H3. The molecular formula is C16H18FN. The Bertz CT molecular complexity index is 573. The minimum absolute atomic E-state index is 0.0871. The zero-order chi connectivity index (χ0) is 13.3. The van der Waals surface area contributed by atoms with E-state index >= 15 is 0 Å². The smallest absolute Gasteiger partial charge is 0.131 e. The lowest BCUT2D eigenvalue weighted by Gasteiger charge is -2.11. The quantitative estimate of drug-likeness (QED) is 0.843. The molecule has 1 atom stereocenters. The van der Waals surface area contributed by atoms with E-state index in [1.807, 2.05) is 45.0 Å². The van der Waals surface area contributed by atoms with E-state index in [0.29, 0.717) is 5.56 Å². The summed E-state index contributed by atoms with van der Waals surface area (Å²) in [4.78, 5) is 0. The van der Waals surface area contributed by atoms with Crippen LogP contribution in [0, 0.1) is 19.7 Å².